The predicted octanol–water partition coefficient (Wildman–Crippen LogP) is 3.81. The first-order valence-corrected chi connectivity index (χ1v) is 7.88. The lowest BCUT2D eigenvalue weighted by Gasteiger charge is -2.20. The maximum atomic E-state index is 12.1. The zero-order chi connectivity index (χ0) is 15.8. The number of hydrogen-bond donors (Lipinski definition) is 1. The fraction of sp³-hybridized carbons (Fsp3) is 0.611. The summed E-state index contributed by atoms with van der Waals surface area (Å²) >= 11 is 0. The first kappa shape index (κ1) is 17.5. The second-order valence-corrected chi connectivity index (χ2v) is 6.14. The van der Waals surface area contributed by atoms with Gasteiger partial charge in [-0.3, -0.25) is 4.79 Å². The van der Waals surface area contributed by atoms with Crippen LogP contribution in [0, 0.1) is 11.8 Å². The summed E-state index contributed by atoms with van der Waals surface area (Å²) in [6, 6.07) is 8.13. The zero-order valence-corrected chi connectivity index (χ0v) is 14.0. The van der Waals surface area contributed by atoms with Crippen molar-refractivity contribution in [2.24, 2.45) is 11.8 Å². The molecule has 1 amide bonds. The molecule has 0 fully saturated rings. The van der Waals surface area contributed by atoms with Crippen molar-refractivity contribution in [2.45, 2.75) is 53.0 Å². The monoisotopic (exact) mass is 291 g/mol. The number of carbonyl (C=O) groups excluding carboxylic acids is 1. The van der Waals surface area contributed by atoms with Crippen molar-refractivity contribution < 1.29 is 9.53 Å². The van der Waals surface area contributed by atoms with Crippen LogP contribution < -0.4 is 10.1 Å². The van der Waals surface area contributed by atoms with E-state index >= 15 is 0 Å². The van der Waals surface area contributed by atoms with E-state index in [4.69, 9.17) is 4.74 Å². The number of rotatable bonds is 8. The van der Waals surface area contributed by atoms with Gasteiger partial charge >= 0.3 is 0 Å². The van der Waals surface area contributed by atoms with E-state index in [1.54, 1.807) is 7.11 Å². The predicted molar refractivity (Wildman–Crippen MR) is 87.5 cm³/mol. The molecule has 0 saturated carbocycles. The van der Waals surface area contributed by atoms with E-state index in [1.807, 2.05) is 25.1 Å². The summed E-state index contributed by atoms with van der Waals surface area (Å²) in [4.78, 5) is 12.1. The highest BCUT2D eigenvalue weighted by Gasteiger charge is 2.17. The van der Waals surface area contributed by atoms with Crippen molar-refractivity contribution in [3.05, 3.63) is 29.8 Å². The zero-order valence-electron chi connectivity index (χ0n) is 14.0. The van der Waals surface area contributed by atoms with Crippen LogP contribution in [0.3, 0.4) is 0 Å². The quantitative estimate of drug-likeness (QED) is 0.791. The van der Waals surface area contributed by atoms with Crippen LogP contribution >= 0.6 is 0 Å². The Kier molecular flexibility index (Phi) is 7.27. The van der Waals surface area contributed by atoms with Gasteiger partial charge in [-0.2, -0.15) is 0 Å². The maximum absolute atomic E-state index is 12.1. The Morgan fingerprint density at radius 2 is 2.00 bits per heavy atom. The molecule has 2 atom stereocenters. The summed E-state index contributed by atoms with van der Waals surface area (Å²) in [5.74, 6) is 2.03. The van der Waals surface area contributed by atoms with E-state index in [0.717, 1.165) is 18.6 Å². The second kappa shape index (κ2) is 8.71. The molecule has 2 unspecified atom stereocenters. The molecule has 0 aliphatic heterocycles. The minimum Gasteiger partial charge on any atom is -0.497 e. The average Bonchev–Trinajstić information content (AvgIpc) is 2.44. The van der Waals surface area contributed by atoms with Gasteiger partial charge in [0.1, 0.15) is 5.75 Å². The van der Waals surface area contributed by atoms with Gasteiger partial charge in [0, 0.05) is 12.5 Å². The van der Waals surface area contributed by atoms with Crippen molar-refractivity contribution in [1.82, 2.24) is 5.32 Å². The largest absolute Gasteiger partial charge is 0.497 e. The summed E-state index contributed by atoms with van der Waals surface area (Å²) in [5, 5.41) is 3.11. The molecule has 1 aromatic carbocycles. The molecule has 0 heterocycles. The molecule has 1 aromatic rings. The van der Waals surface area contributed by atoms with Crippen molar-refractivity contribution >= 4 is 5.91 Å². The third-order valence-electron chi connectivity index (χ3n) is 4.00. The van der Waals surface area contributed by atoms with Gasteiger partial charge in [-0.15, -0.1) is 0 Å². The van der Waals surface area contributed by atoms with Gasteiger partial charge in [0.25, 0.3) is 0 Å². The highest BCUT2D eigenvalue weighted by atomic mass is 16.5. The fourth-order valence-corrected chi connectivity index (χ4v) is 2.63. The smallest absolute Gasteiger partial charge is 0.220 e. The Hall–Kier alpha value is -1.51. The first-order chi connectivity index (χ1) is 9.96. The Bertz CT molecular complexity index is 443. The molecule has 0 aromatic heterocycles. The van der Waals surface area contributed by atoms with E-state index < -0.39 is 0 Å². The molecule has 21 heavy (non-hydrogen) atoms. The van der Waals surface area contributed by atoms with Crippen LogP contribution in [0.1, 0.15) is 46.1 Å². The number of nitrogens with one attached hydrogen (secondary N) is 1. The van der Waals surface area contributed by atoms with Gasteiger partial charge in [-0.25, -0.2) is 0 Å². The van der Waals surface area contributed by atoms with E-state index in [1.165, 1.54) is 5.56 Å². The van der Waals surface area contributed by atoms with Crippen LogP contribution in [0.15, 0.2) is 24.3 Å². The molecule has 3 heteroatoms. The van der Waals surface area contributed by atoms with Gasteiger partial charge in [-0.1, -0.05) is 39.3 Å². The molecule has 0 bridgehead atoms. The van der Waals surface area contributed by atoms with Crippen LogP contribution in [0.25, 0.3) is 0 Å². The van der Waals surface area contributed by atoms with Crippen LogP contribution in [0.5, 0.6) is 5.75 Å². The van der Waals surface area contributed by atoms with Crippen LogP contribution in [0.4, 0.5) is 0 Å². The molecule has 3 nitrogen and oxygen atoms in total. The normalized spacial score (nSPS) is 13.8. The van der Waals surface area contributed by atoms with Gasteiger partial charge in [0.2, 0.25) is 5.91 Å². The topological polar surface area (TPSA) is 38.3 Å². The molecule has 0 spiro atoms. The molecule has 0 aliphatic carbocycles. The number of ether oxygens (including phenoxy) is 1. The number of hydrogen-bond acceptors (Lipinski definition) is 2. The van der Waals surface area contributed by atoms with Gasteiger partial charge in [0.15, 0.2) is 0 Å². The van der Waals surface area contributed by atoms with Crippen molar-refractivity contribution in [1.29, 1.82) is 0 Å². The van der Waals surface area contributed by atoms with Gasteiger partial charge < -0.3 is 10.1 Å². The second-order valence-electron chi connectivity index (χ2n) is 6.14. The lowest BCUT2D eigenvalue weighted by atomic mass is 9.90. The molecule has 0 saturated heterocycles. The maximum Gasteiger partial charge on any atom is 0.220 e. The summed E-state index contributed by atoms with van der Waals surface area (Å²) in [6.45, 7) is 8.56. The Labute approximate surface area is 129 Å². The summed E-state index contributed by atoms with van der Waals surface area (Å²) in [6.07, 6.45) is 2.49. The number of benzene rings is 1. The molecule has 118 valence electrons. The molecular weight excluding hydrogens is 262 g/mol. The third kappa shape index (κ3) is 6.19. The van der Waals surface area contributed by atoms with E-state index in [-0.39, 0.29) is 11.9 Å². The lowest BCUT2D eigenvalue weighted by molar-refractivity contribution is -0.123. The van der Waals surface area contributed by atoms with Gasteiger partial charge in [0.05, 0.1) is 7.11 Å². The molecule has 1 rings (SSSR count). The van der Waals surface area contributed by atoms with E-state index in [2.05, 4.69) is 32.2 Å². The van der Waals surface area contributed by atoms with Crippen molar-refractivity contribution in [3.63, 3.8) is 0 Å². The first-order valence-electron chi connectivity index (χ1n) is 7.88. The fourth-order valence-electron chi connectivity index (χ4n) is 2.63. The molecular formula is C18H29NO2. The highest BCUT2D eigenvalue weighted by molar-refractivity contribution is 5.76. The number of methoxy groups -OCH3 is 1. The number of amides is 1. The highest BCUT2D eigenvalue weighted by Crippen LogP contribution is 2.19. The van der Waals surface area contributed by atoms with Crippen molar-refractivity contribution in [2.75, 3.05) is 7.11 Å². The van der Waals surface area contributed by atoms with Gasteiger partial charge in [-0.05, 0) is 42.9 Å². The third-order valence-corrected chi connectivity index (χ3v) is 4.00. The van der Waals surface area contributed by atoms with Crippen LogP contribution in [-0.2, 0) is 11.2 Å². The lowest BCUT2D eigenvalue weighted by Crippen LogP contribution is -2.35. The van der Waals surface area contributed by atoms with Crippen LogP contribution in [0.2, 0.25) is 0 Å². The minimum atomic E-state index is 0.134. The SMILES string of the molecule is CCC(CC(=O)NC(C)Cc1cccc(OC)c1)C(C)C. The Balaban J connectivity index is 2.48. The Morgan fingerprint density at radius 1 is 1.29 bits per heavy atom. The summed E-state index contributed by atoms with van der Waals surface area (Å²) in [5.41, 5.74) is 1.18. The van der Waals surface area contributed by atoms with Crippen molar-refractivity contribution in [3.8, 4) is 5.75 Å². The molecule has 0 aliphatic rings. The van der Waals surface area contributed by atoms with E-state index in [9.17, 15) is 4.79 Å². The standard InChI is InChI=1S/C18H29NO2/c1-6-16(13(2)3)12-18(20)19-14(4)10-15-8-7-9-17(11-15)21-5/h7-9,11,13-14,16H,6,10,12H2,1-5H3,(H,19,20). The van der Waals surface area contributed by atoms with E-state index in [0.29, 0.717) is 18.3 Å². The van der Waals surface area contributed by atoms with Crippen LogP contribution in [-0.4, -0.2) is 19.1 Å². The minimum absolute atomic E-state index is 0.134. The molecule has 0 radical (unpaired) electrons. The summed E-state index contributed by atoms with van der Waals surface area (Å²) < 4.78 is 5.22. The average molecular weight is 291 g/mol. The number of carbonyl (C=O) groups is 1. The molecule has 1 N–H and O–H groups in total. The summed E-state index contributed by atoms with van der Waals surface area (Å²) in [7, 11) is 1.67. The Morgan fingerprint density at radius 3 is 2.57 bits per heavy atom.